The summed E-state index contributed by atoms with van der Waals surface area (Å²) < 4.78 is 14.2. The predicted molar refractivity (Wildman–Crippen MR) is 76.0 cm³/mol. The van der Waals surface area contributed by atoms with E-state index in [1.165, 1.54) is 18.2 Å². The first-order valence-corrected chi connectivity index (χ1v) is 6.28. The average molecular weight is 321 g/mol. The average Bonchev–Trinajstić information content (AvgIpc) is 2.41. The number of anilines is 1. The first kappa shape index (κ1) is 13.4. The van der Waals surface area contributed by atoms with E-state index >= 15 is 0 Å². The van der Waals surface area contributed by atoms with Gasteiger partial charge in [0.15, 0.2) is 0 Å². The van der Waals surface area contributed by atoms with Gasteiger partial charge in [-0.1, -0.05) is 15.9 Å². The number of amides is 1. The van der Waals surface area contributed by atoms with Crippen molar-refractivity contribution in [2.75, 3.05) is 5.32 Å². The molecule has 0 radical (unpaired) electrons. The molecule has 5 heteroatoms. The number of halogens is 2. The third kappa shape index (κ3) is 3.99. The van der Waals surface area contributed by atoms with Gasteiger partial charge in [-0.2, -0.15) is 0 Å². The summed E-state index contributed by atoms with van der Waals surface area (Å²) in [5.74, 6) is -0.707. The van der Waals surface area contributed by atoms with Crippen LogP contribution in [0.2, 0.25) is 0 Å². The lowest BCUT2D eigenvalue weighted by molar-refractivity contribution is -0.111. The van der Waals surface area contributed by atoms with E-state index in [9.17, 15) is 9.18 Å². The second kappa shape index (κ2) is 6.24. The number of carbonyl (C=O) groups is 1. The van der Waals surface area contributed by atoms with Crippen molar-refractivity contribution in [1.82, 2.24) is 4.98 Å². The molecule has 96 valence electrons. The van der Waals surface area contributed by atoms with Crippen molar-refractivity contribution in [3.8, 4) is 0 Å². The summed E-state index contributed by atoms with van der Waals surface area (Å²) in [7, 11) is 0. The molecule has 1 amide bonds. The minimum atomic E-state index is -0.379. The Morgan fingerprint density at radius 1 is 1.26 bits per heavy atom. The molecule has 1 N–H and O–H groups in total. The minimum Gasteiger partial charge on any atom is -0.322 e. The second-order valence-electron chi connectivity index (χ2n) is 3.72. The van der Waals surface area contributed by atoms with E-state index in [2.05, 4.69) is 26.2 Å². The third-order valence-corrected chi connectivity index (χ3v) is 2.81. The van der Waals surface area contributed by atoms with Crippen molar-refractivity contribution in [3.05, 3.63) is 64.7 Å². The number of hydrogen-bond acceptors (Lipinski definition) is 2. The number of aromatic nitrogens is 1. The zero-order valence-electron chi connectivity index (χ0n) is 9.81. The van der Waals surface area contributed by atoms with Crippen LogP contribution in [0.25, 0.3) is 6.08 Å². The third-order valence-electron chi connectivity index (χ3n) is 2.32. The summed E-state index contributed by atoms with van der Waals surface area (Å²) >= 11 is 3.25. The highest BCUT2D eigenvalue weighted by atomic mass is 79.9. The van der Waals surface area contributed by atoms with E-state index in [4.69, 9.17) is 0 Å². The number of carbonyl (C=O) groups excluding carboxylic acids is 1. The largest absolute Gasteiger partial charge is 0.322 e. The van der Waals surface area contributed by atoms with Gasteiger partial charge in [-0.05, 0) is 36.4 Å². The molecule has 0 saturated carbocycles. The fourth-order valence-corrected chi connectivity index (χ4v) is 1.81. The molecular weight excluding hydrogens is 311 g/mol. The molecule has 0 unspecified atom stereocenters. The summed E-state index contributed by atoms with van der Waals surface area (Å²) in [6, 6.07) is 7.89. The topological polar surface area (TPSA) is 42.0 Å². The number of hydrogen-bond donors (Lipinski definition) is 1. The maximum Gasteiger partial charge on any atom is 0.248 e. The van der Waals surface area contributed by atoms with Crippen LogP contribution in [-0.2, 0) is 4.79 Å². The van der Waals surface area contributed by atoms with Crippen LogP contribution in [0.5, 0.6) is 0 Å². The van der Waals surface area contributed by atoms with E-state index in [-0.39, 0.29) is 11.7 Å². The van der Waals surface area contributed by atoms with Crippen molar-refractivity contribution in [2.45, 2.75) is 0 Å². The molecule has 0 aliphatic carbocycles. The first-order chi connectivity index (χ1) is 9.15. The van der Waals surface area contributed by atoms with Gasteiger partial charge < -0.3 is 5.32 Å². The van der Waals surface area contributed by atoms with E-state index in [1.807, 2.05) is 0 Å². The van der Waals surface area contributed by atoms with Crippen molar-refractivity contribution in [1.29, 1.82) is 0 Å². The molecule has 0 aliphatic heterocycles. The van der Waals surface area contributed by atoms with Crippen LogP contribution < -0.4 is 5.32 Å². The lowest BCUT2D eigenvalue weighted by Crippen LogP contribution is -2.07. The summed E-state index contributed by atoms with van der Waals surface area (Å²) in [5.41, 5.74) is 0.985. The molecule has 0 bridgehead atoms. The predicted octanol–water partition coefficient (Wildman–Crippen LogP) is 3.64. The summed E-state index contributed by atoms with van der Waals surface area (Å²) in [6.07, 6.45) is 5.86. The van der Waals surface area contributed by atoms with E-state index in [0.717, 1.165) is 4.47 Å². The number of benzene rings is 1. The molecule has 2 aromatic rings. The SMILES string of the molecule is O=C(/C=C/c1cc(Br)ccc1F)Nc1ccncc1. The highest BCUT2D eigenvalue weighted by Gasteiger charge is 2.01. The standard InChI is InChI=1S/C14H10BrFN2O/c15-11-2-3-13(16)10(9-11)1-4-14(19)18-12-5-7-17-8-6-12/h1-9H,(H,17,18,19)/b4-1+. The zero-order chi connectivity index (χ0) is 13.7. The van der Waals surface area contributed by atoms with Gasteiger partial charge in [-0.25, -0.2) is 4.39 Å². The fourth-order valence-electron chi connectivity index (χ4n) is 1.43. The van der Waals surface area contributed by atoms with Crippen LogP contribution in [0, 0.1) is 5.82 Å². The van der Waals surface area contributed by atoms with Crippen LogP contribution in [-0.4, -0.2) is 10.9 Å². The summed E-state index contributed by atoms with van der Waals surface area (Å²) in [5, 5.41) is 2.65. The van der Waals surface area contributed by atoms with Gasteiger partial charge in [0.1, 0.15) is 5.82 Å². The Morgan fingerprint density at radius 3 is 2.74 bits per heavy atom. The van der Waals surface area contributed by atoms with E-state index in [1.54, 1.807) is 36.7 Å². The zero-order valence-corrected chi connectivity index (χ0v) is 11.4. The van der Waals surface area contributed by atoms with Gasteiger partial charge in [0.05, 0.1) is 0 Å². The molecule has 0 atom stereocenters. The van der Waals surface area contributed by atoms with E-state index < -0.39 is 0 Å². The molecule has 2 rings (SSSR count). The van der Waals surface area contributed by atoms with Gasteiger partial charge >= 0.3 is 0 Å². The number of pyridine rings is 1. The van der Waals surface area contributed by atoms with Gasteiger partial charge in [-0.3, -0.25) is 9.78 Å². The van der Waals surface area contributed by atoms with E-state index in [0.29, 0.717) is 11.3 Å². The van der Waals surface area contributed by atoms with Gasteiger partial charge in [0, 0.05) is 34.2 Å². The Kier molecular flexibility index (Phi) is 4.41. The lowest BCUT2D eigenvalue weighted by Gasteiger charge is -2.01. The Labute approximate surface area is 118 Å². The summed E-state index contributed by atoms with van der Waals surface area (Å²) in [6.45, 7) is 0. The lowest BCUT2D eigenvalue weighted by atomic mass is 10.2. The Hall–Kier alpha value is -2.01. The van der Waals surface area contributed by atoms with Crippen LogP contribution in [0.3, 0.4) is 0 Å². The van der Waals surface area contributed by atoms with Crippen molar-refractivity contribution in [2.24, 2.45) is 0 Å². The Morgan fingerprint density at radius 2 is 2.00 bits per heavy atom. The van der Waals surface area contributed by atoms with Crippen molar-refractivity contribution >= 4 is 33.6 Å². The fraction of sp³-hybridized carbons (Fsp3) is 0. The Balaban J connectivity index is 2.06. The molecule has 0 fully saturated rings. The van der Waals surface area contributed by atoms with Crippen molar-refractivity contribution < 1.29 is 9.18 Å². The molecule has 19 heavy (non-hydrogen) atoms. The van der Waals surface area contributed by atoms with Gasteiger partial charge in [-0.15, -0.1) is 0 Å². The molecular formula is C14H10BrFN2O. The summed E-state index contributed by atoms with van der Waals surface area (Å²) in [4.78, 5) is 15.5. The smallest absolute Gasteiger partial charge is 0.248 e. The van der Waals surface area contributed by atoms with Crippen LogP contribution in [0.1, 0.15) is 5.56 Å². The molecule has 1 aromatic carbocycles. The monoisotopic (exact) mass is 320 g/mol. The second-order valence-corrected chi connectivity index (χ2v) is 4.64. The maximum atomic E-state index is 13.4. The quantitative estimate of drug-likeness (QED) is 0.877. The van der Waals surface area contributed by atoms with Gasteiger partial charge in [0.2, 0.25) is 5.91 Å². The highest BCUT2D eigenvalue weighted by molar-refractivity contribution is 9.10. The van der Waals surface area contributed by atoms with Crippen LogP contribution >= 0.6 is 15.9 Å². The Bertz CT molecular complexity index is 614. The van der Waals surface area contributed by atoms with Gasteiger partial charge in [0.25, 0.3) is 0 Å². The van der Waals surface area contributed by atoms with Crippen molar-refractivity contribution in [3.63, 3.8) is 0 Å². The molecule has 3 nitrogen and oxygen atoms in total. The number of nitrogens with zero attached hydrogens (tertiary/aromatic N) is 1. The number of rotatable bonds is 3. The van der Waals surface area contributed by atoms with Crippen LogP contribution in [0.4, 0.5) is 10.1 Å². The van der Waals surface area contributed by atoms with Crippen LogP contribution in [0.15, 0.2) is 53.3 Å². The minimum absolute atomic E-state index is 0.328. The maximum absolute atomic E-state index is 13.4. The molecule has 0 spiro atoms. The first-order valence-electron chi connectivity index (χ1n) is 5.49. The molecule has 0 saturated heterocycles. The molecule has 0 aliphatic rings. The molecule has 1 aromatic heterocycles. The molecule has 1 heterocycles. The highest BCUT2D eigenvalue weighted by Crippen LogP contribution is 2.16. The normalized spacial score (nSPS) is 10.6. The number of nitrogens with one attached hydrogen (secondary N) is 1.